The van der Waals surface area contributed by atoms with Gasteiger partial charge in [-0.05, 0) is 76.7 Å². The van der Waals surface area contributed by atoms with Gasteiger partial charge in [0.15, 0.2) is 5.60 Å². The second-order valence-electron chi connectivity index (χ2n) is 10.7. The van der Waals surface area contributed by atoms with Gasteiger partial charge in [-0.2, -0.15) is 0 Å². The Morgan fingerprint density at radius 2 is 1.37 bits per heavy atom. The van der Waals surface area contributed by atoms with Gasteiger partial charge in [-0.3, -0.25) is 17.2 Å². The maximum Gasteiger partial charge on any atom is 0.271 e. The van der Waals surface area contributed by atoms with Crippen LogP contribution in [0.15, 0.2) is 103 Å². The molecule has 0 aromatic heterocycles. The van der Waals surface area contributed by atoms with Crippen LogP contribution in [0.5, 0.6) is 17.2 Å². The first-order chi connectivity index (χ1) is 19.9. The number of benzene rings is 5. The molecule has 6 N–H and O–H groups in total. The molecule has 5 aromatic rings. The van der Waals surface area contributed by atoms with Crippen LogP contribution in [0, 0.1) is 0 Å². The molecule has 1 aliphatic heterocycles. The Kier molecular flexibility index (Phi) is 5.87. The number of nitrogens with two attached hydrogens (primary N) is 3. The molecule has 0 radical (unpaired) electrons. The Balaban J connectivity index is 1.45. The lowest BCUT2D eigenvalue weighted by Crippen LogP contribution is -2.62. The van der Waals surface area contributed by atoms with Crippen molar-refractivity contribution in [3.63, 3.8) is 0 Å². The van der Waals surface area contributed by atoms with Crippen molar-refractivity contribution < 1.29 is 14.2 Å². The summed E-state index contributed by atoms with van der Waals surface area (Å²) in [6, 6.07) is 32.9. The van der Waals surface area contributed by atoms with Gasteiger partial charge >= 0.3 is 0 Å². The van der Waals surface area contributed by atoms with E-state index in [4.69, 9.17) is 31.4 Å². The van der Waals surface area contributed by atoms with E-state index in [1.54, 1.807) is 19.2 Å². The molecule has 1 heterocycles. The van der Waals surface area contributed by atoms with Crippen LogP contribution in [0.25, 0.3) is 28.0 Å². The molecule has 1 atom stereocenters. The van der Waals surface area contributed by atoms with Crippen LogP contribution in [0.1, 0.15) is 27.8 Å². The molecule has 1 aliphatic carbocycles. The lowest BCUT2D eigenvalue weighted by molar-refractivity contribution is 0.0900. The SMILES string of the molecule is COc1ccc(C2(c3ccc(OC(N)(N)N)cc3)C=Cc3c(c4c(c5ccccc35)-c3ccccc3CC4)O2)cc1. The van der Waals surface area contributed by atoms with Crippen molar-refractivity contribution in [1.82, 2.24) is 0 Å². The molecular weight excluding hydrogens is 510 g/mol. The van der Waals surface area contributed by atoms with E-state index in [9.17, 15) is 0 Å². The minimum atomic E-state index is -1.77. The van der Waals surface area contributed by atoms with Crippen LogP contribution in [-0.4, -0.2) is 13.1 Å². The highest BCUT2D eigenvalue weighted by Crippen LogP contribution is 2.51. The average Bonchev–Trinajstić information content (AvgIpc) is 3.00. The van der Waals surface area contributed by atoms with E-state index >= 15 is 0 Å². The molecular formula is C35H31N3O3. The number of rotatable bonds is 5. The first-order valence-electron chi connectivity index (χ1n) is 13.7. The molecule has 41 heavy (non-hydrogen) atoms. The van der Waals surface area contributed by atoms with Crippen LogP contribution in [0.4, 0.5) is 0 Å². The van der Waals surface area contributed by atoms with E-state index in [1.165, 1.54) is 33.0 Å². The third-order valence-electron chi connectivity index (χ3n) is 8.08. The average molecular weight is 542 g/mol. The highest BCUT2D eigenvalue weighted by atomic mass is 16.5. The standard InChI is InChI=1S/C35H31N3O3/c1-39-25-15-11-23(12-16-25)34(24-13-17-26(18-14-24)40-35(36,37)38)21-20-30-28-8-4-5-9-29(28)32-27-7-3-2-6-22(27)10-19-31(32)33(30)41-34/h2-9,11-18,20-21H,10,19,36-38H2,1H3. The lowest BCUT2D eigenvalue weighted by atomic mass is 9.78. The zero-order chi connectivity index (χ0) is 28.2. The summed E-state index contributed by atoms with van der Waals surface area (Å²) >= 11 is 0. The summed E-state index contributed by atoms with van der Waals surface area (Å²) < 4.78 is 18.2. The van der Waals surface area contributed by atoms with Crippen molar-refractivity contribution in [2.24, 2.45) is 17.2 Å². The van der Waals surface area contributed by atoms with Gasteiger partial charge in [-0.25, -0.2) is 0 Å². The Morgan fingerprint density at radius 3 is 2.05 bits per heavy atom. The van der Waals surface area contributed by atoms with Crippen molar-refractivity contribution in [1.29, 1.82) is 0 Å². The van der Waals surface area contributed by atoms with Crippen molar-refractivity contribution >= 4 is 16.8 Å². The van der Waals surface area contributed by atoms with Gasteiger partial charge in [-0.1, -0.05) is 72.8 Å². The summed E-state index contributed by atoms with van der Waals surface area (Å²) in [4.78, 5) is 0. The summed E-state index contributed by atoms with van der Waals surface area (Å²) in [5.41, 5.74) is 24.2. The molecule has 0 spiro atoms. The van der Waals surface area contributed by atoms with E-state index in [2.05, 4.69) is 60.7 Å². The van der Waals surface area contributed by atoms with Crippen LogP contribution in [-0.2, 0) is 18.4 Å². The lowest BCUT2D eigenvalue weighted by Gasteiger charge is -2.39. The van der Waals surface area contributed by atoms with Crippen LogP contribution in [0.3, 0.4) is 0 Å². The molecule has 1 unspecified atom stereocenters. The molecule has 2 aliphatic rings. The van der Waals surface area contributed by atoms with Crippen molar-refractivity contribution in [3.05, 3.63) is 131 Å². The van der Waals surface area contributed by atoms with E-state index in [1.807, 2.05) is 36.4 Å². The Hall–Kier alpha value is -4.62. The fourth-order valence-corrected chi connectivity index (χ4v) is 6.25. The molecule has 0 saturated heterocycles. The largest absolute Gasteiger partial charge is 0.497 e. The minimum Gasteiger partial charge on any atom is -0.497 e. The maximum atomic E-state index is 7.29. The number of methoxy groups -OCH3 is 1. The third-order valence-corrected chi connectivity index (χ3v) is 8.08. The van der Waals surface area contributed by atoms with Crippen molar-refractivity contribution in [2.45, 2.75) is 24.4 Å². The van der Waals surface area contributed by atoms with Gasteiger partial charge in [0.2, 0.25) is 0 Å². The second kappa shape index (κ2) is 9.49. The molecule has 204 valence electrons. The topological polar surface area (TPSA) is 106 Å². The van der Waals surface area contributed by atoms with Crippen molar-refractivity contribution in [2.75, 3.05) is 7.11 Å². The summed E-state index contributed by atoms with van der Waals surface area (Å²) in [7, 11) is 1.67. The quantitative estimate of drug-likeness (QED) is 0.242. The van der Waals surface area contributed by atoms with Gasteiger partial charge in [0.25, 0.3) is 5.97 Å². The summed E-state index contributed by atoms with van der Waals surface area (Å²) in [6.07, 6.45) is 6.20. The van der Waals surface area contributed by atoms with Gasteiger partial charge in [0, 0.05) is 22.3 Å². The van der Waals surface area contributed by atoms with Gasteiger partial charge in [0.05, 0.1) is 7.11 Å². The van der Waals surface area contributed by atoms with E-state index in [0.29, 0.717) is 5.75 Å². The highest BCUT2D eigenvalue weighted by molar-refractivity contribution is 6.06. The zero-order valence-corrected chi connectivity index (χ0v) is 22.8. The summed E-state index contributed by atoms with van der Waals surface area (Å²) in [5, 5.41) is 2.42. The molecule has 6 heteroatoms. The fraction of sp³-hybridized carbons (Fsp3) is 0.143. The highest BCUT2D eigenvalue weighted by Gasteiger charge is 2.40. The molecule has 0 bridgehead atoms. The summed E-state index contributed by atoms with van der Waals surface area (Å²) in [5.74, 6) is 0.382. The minimum absolute atomic E-state index is 0.464. The Bertz CT molecular complexity index is 1800. The van der Waals surface area contributed by atoms with Gasteiger partial charge in [-0.15, -0.1) is 0 Å². The number of hydrogen-bond donors (Lipinski definition) is 3. The predicted molar refractivity (Wildman–Crippen MR) is 163 cm³/mol. The van der Waals surface area contributed by atoms with Crippen molar-refractivity contribution in [3.8, 4) is 28.4 Å². The predicted octanol–water partition coefficient (Wildman–Crippen LogP) is 5.83. The molecule has 5 aromatic carbocycles. The third kappa shape index (κ3) is 4.24. The first-order valence-corrected chi connectivity index (χ1v) is 13.7. The number of aryl methyl sites for hydroxylation is 1. The molecule has 0 saturated carbocycles. The van der Waals surface area contributed by atoms with Gasteiger partial charge < -0.3 is 14.2 Å². The van der Waals surface area contributed by atoms with Crippen LogP contribution in [0.2, 0.25) is 0 Å². The fourth-order valence-electron chi connectivity index (χ4n) is 6.25. The normalized spacial score (nSPS) is 17.3. The molecule has 6 nitrogen and oxygen atoms in total. The molecule has 0 fully saturated rings. The monoisotopic (exact) mass is 541 g/mol. The van der Waals surface area contributed by atoms with E-state index < -0.39 is 11.6 Å². The van der Waals surface area contributed by atoms with Crippen LogP contribution >= 0.6 is 0 Å². The number of ether oxygens (including phenoxy) is 3. The molecule has 0 amide bonds. The van der Waals surface area contributed by atoms with E-state index in [0.717, 1.165) is 41.0 Å². The summed E-state index contributed by atoms with van der Waals surface area (Å²) in [6.45, 7) is 0. The Morgan fingerprint density at radius 1 is 0.732 bits per heavy atom. The van der Waals surface area contributed by atoms with Crippen LogP contribution < -0.4 is 31.4 Å². The number of fused-ring (bicyclic) bond motifs is 8. The maximum absolute atomic E-state index is 7.29. The second-order valence-corrected chi connectivity index (χ2v) is 10.7. The van der Waals surface area contributed by atoms with Gasteiger partial charge in [0.1, 0.15) is 17.2 Å². The number of hydrogen-bond acceptors (Lipinski definition) is 6. The first kappa shape index (κ1) is 25.4. The smallest absolute Gasteiger partial charge is 0.271 e. The van der Waals surface area contributed by atoms with E-state index in [-0.39, 0.29) is 0 Å². The Labute approximate surface area is 238 Å². The molecule has 7 rings (SSSR count). The zero-order valence-electron chi connectivity index (χ0n) is 22.8.